The maximum Gasteiger partial charge on any atom is 0.275 e. The molecular weight excluding hydrogens is 270 g/mol. The average molecular weight is 283 g/mol. The molecule has 2 aromatic heterocycles. The monoisotopic (exact) mass is 283 g/mol. The second-order valence-corrected chi connectivity index (χ2v) is 5.14. The Balaban J connectivity index is 1.58. The van der Waals surface area contributed by atoms with Crippen LogP contribution in [0.1, 0.15) is 28.7 Å². The molecular formula is C14H13N5O2. The van der Waals surface area contributed by atoms with Crippen molar-refractivity contribution in [3.05, 3.63) is 42.2 Å². The zero-order valence-corrected chi connectivity index (χ0v) is 11.2. The van der Waals surface area contributed by atoms with Crippen molar-refractivity contribution >= 4 is 16.8 Å². The number of rotatable bonds is 2. The van der Waals surface area contributed by atoms with Gasteiger partial charge in [0, 0.05) is 24.4 Å². The van der Waals surface area contributed by atoms with Gasteiger partial charge < -0.3 is 9.42 Å². The molecule has 1 atom stereocenters. The Morgan fingerprint density at radius 1 is 1.38 bits per heavy atom. The zero-order chi connectivity index (χ0) is 14.2. The van der Waals surface area contributed by atoms with Gasteiger partial charge in [-0.2, -0.15) is 10.1 Å². The lowest BCUT2D eigenvalue weighted by atomic mass is 10.1. The summed E-state index contributed by atoms with van der Waals surface area (Å²) >= 11 is 0. The van der Waals surface area contributed by atoms with Crippen LogP contribution < -0.4 is 0 Å². The number of carbonyl (C=O) groups is 1. The Kier molecular flexibility index (Phi) is 2.70. The van der Waals surface area contributed by atoms with Crippen molar-refractivity contribution in [1.82, 2.24) is 25.2 Å². The molecule has 0 spiro atoms. The molecule has 21 heavy (non-hydrogen) atoms. The second-order valence-electron chi connectivity index (χ2n) is 5.14. The van der Waals surface area contributed by atoms with Crippen LogP contribution in [0.4, 0.5) is 0 Å². The summed E-state index contributed by atoms with van der Waals surface area (Å²) in [5.74, 6) is 0.744. The molecule has 0 saturated carbocycles. The van der Waals surface area contributed by atoms with Gasteiger partial charge in [0.2, 0.25) is 6.39 Å². The van der Waals surface area contributed by atoms with Crippen LogP contribution in [0.5, 0.6) is 0 Å². The highest BCUT2D eigenvalue weighted by atomic mass is 16.5. The molecule has 7 heteroatoms. The standard InChI is InChI=1S/C14H13N5O2/c20-14(12-10-3-1-2-4-11(10)16-17-12)19-6-5-9(7-19)13-15-8-21-18-13/h1-4,8-9H,5-7H2,(H,16,17)/t9-/m1/s1. The molecule has 1 aromatic carbocycles. The molecule has 3 heterocycles. The third-order valence-electron chi connectivity index (χ3n) is 3.89. The van der Waals surface area contributed by atoms with Crippen LogP contribution in [-0.4, -0.2) is 44.2 Å². The molecule has 1 N–H and O–H groups in total. The van der Waals surface area contributed by atoms with E-state index < -0.39 is 0 Å². The van der Waals surface area contributed by atoms with E-state index in [0.717, 1.165) is 17.3 Å². The number of fused-ring (bicyclic) bond motifs is 1. The van der Waals surface area contributed by atoms with E-state index in [1.807, 2.05) is 24.3 Å². The molecule has 0 radical (unpaired) electrons. The lowest BCUT2D eigenvalue weighted by Crippen LogP contribution is -2.29. The third-order valence-corrected chi connectivity index (χ3v) is 3.89. The van der Waals surface area contributed by atoms with Crippen LogP contribution in [0.3, 0.4) is 0 Å². The first-order chi connectivity index (χ1) is 10.3. The van der Waals surface area contributed by atoms with Gasteiger partial charge in [-0.15, -0.1) is 0 Å². The highest BCUT2D eigenvalue weighted by Crippen LogP contribution is 2.26. The van der Waals surface area contributed by atoms with Gasteiger partial charge in [0.1, 0.15) is 0 Å². The highest BCUT2D eigenvalue weighted by Gasteiger charge is 2.31. The van der Waals surface area contributed by atoms with Crippen LogP contribution in [0.25, 0.3) is 10.9 Å². The number of amides is 1. The molecule has 106 valence electrons. The molecule has 4 rings (SSSR count). The number of nitrogens with one attached hydrogen (secondary N) is 1. The lowest BCUT2D eigenvalue weighted by Gasteiger charge is -2.14. The Bertz CT molecular complexity index is 780. The Morgan fingerprint density at radius 3 is 3.14 bits per heavy atom. The summed E-state index contributed by atoms with van der Waals surface area (Å²) in [6.07, 6.45) is 2.16. The zero-order valence-electron chi connectivity index (χ0n) is 11.2. The number of para-hydroxylation sites is 1. The second kappa shape index (κ2) is 4.69. The number of hydrogen-bond donors (Lipinski definition) is 1. The van der Waals surface area contributed by atoms with E-state index in [1.165, 1.54) is 6.39 Å². The molecule has 1 aliphatic rings. The van der Waals surface area contributed by atoms with Crippen molar-refractivity contribution in [3.63, 3.8) is 0 Å². The summed E-state index contributed by atoms with van der Waals surface area (Å²) in [6, 6.07) is 7.63. The number of nitrogens with zero attached hydrogens (tertiary/aromatic N) is 4. The fourth-order valence-corrected chi connectivity index (χ4v) is 2.79. The first-order valence-electron chi connectivity index (χ1n) is 6.81. The van der Waals surface area contributed by atoms with Gasteiger partial charge in [-0.3, -0.25) is 9.89 Å². The van der Waals surface area contributed by atoms with Crippen LogP contribution in [0.15, 0.2) is 35.2 Å². The van der Waals surface area contributed by atoms with Crippen LogP contribution in [0.2, 0.25) is 0 Å². The van der Waals surface area contributed by atoms with E-state index in [9.17, 15) is 4.79 Å². The van der Waals surface area contributed by atoms with Gasteiger partial charge in [-0.25, -0.2) is 0 Å². The summed E-state index contributed by atoms with van der Waals surface area (Å²) in [6.45, 7) is 1.28. The number of aromatic nitrogens is 4. The van der Waals surface area contributed by atoms with Gasteiger partial charge in [0.05, 0.1) is 5.52 Å². The number of likely N-dealkylation sites (tertiary alicyclic amines) is 1. The van der Waals surface area contributed by atoms with Crippen molar-refractivity contribution in [2.75, 3.05) is 13.1 Å². The Morgan fingerprint density at radius 2 is 2.29 bits per heavy atom. The smallest absolute Gasteiger partial charge is 0.275 e. The highest BCUT2D eigenvalue weighted by molar-refractivity contribution is 6.04. The number of hydrogen-bond acceptors (Lipinski definition) is 5. The van der Waals surface area contributed by atoms with E-state index in [-0.39, 0.29) is 11.8 Å². The summed E-state index contributed by atoms with van der Waals surface area (Å²) in [7, 11) is 0. The topological polar surface area (TPSA) is 87.9 Å². The van der Waals surface area contributed by atoms with Crippen molar-refractivity contribution in [3.8, 4) is 0 Å². The Labute approximate surface area is 119 Å². The number of aromatic amines is 1. The molecule has 0 unspecified atom stereocenters. The molecule has 1 fully saturated rings. The summed E-state index contributed by atoms with van der Waals surface area (Å²) in [5.41, 5.74) is 1.34. The van der Waals surface area contributed by atoms with Crippen molar-refractivity contribution in [2.24, 2.45) is 0 Å². The third kappa shape index (κ3) is 1.97. The van der Waals surface area contributed by atoms with Gasteiger partial charge in [-0.1, -0.05) is 23.4 Å². The average Bonchev–Trinajstić information content (AvgIpc) is 3.25. The molecule has 0 bridgehead atoms. The largest absolute Gasteiger partial charge is 0.343 e. The predicted molar refractivity (Wildman–Crippen MR) is 73.7 cm³/mol. The van der Waals surface area contributed by atoms with E-state index in [2.05, 4.69) is 20.3 Å². The summed E-state index contributed by atoms with van der Waals surface area (Å²) < 4.78 is 4.77. The van der Waals surface area contributed by atoms with Gasteiger partial charge in [0.25, 0.3) is 5.91 Å². The van der Waals surface area contributed by atoms with Crippen molar-refractivity contribution in [2.45, 2.75) is 12.3 Å². The van der Waals surface area contributed by atoms with Crippen LogP contribution in [0, 0.1) is 0 Å². The Hall–Kier alpha value is -2.70. The molecule has 1 saturated heterocycles. The van der Waals surface area contributed by atoms with E-state index >= 15 is 0 Å². The first kappa shape index (κ1) is 12.1. The predicted octanol–water partition coefficient (Wildman–Crippen LogP) is 1.58. The molecule has 1 amide bonds. The van der Waals surface area contributed by atoms with Crippen molar-refractivity contribution in [1.29, 1.82) is 0 Å². The molecule has 3 aromatic rings. The minimum Gasteiger partial charge on any atom is -0.343 e. The quantitative estimate of drug-likeness (QED) is 0.771. The van der Waals surface area contributed by atoms with Gasteiger partial charge in [0.15, 0.2) is 11.5 Å². The first-order valence-corrected chi connectivity index (χ1v) is 6.81. The normalized spacial score (nSPS) is 18.5. The van der Waals surface area contributed by atoms with E-state index in [1.54, 1.807) is 4.90 Å². The van der Waals surface area contributed by atoms with Crippen molar-refractivity contribution < 1.29 is 9.32 Å². The van der Waals surface area contributed by atoms with Crippen LogP contribution in [-0.2, 0) is 0 Å². The number of H-pyrrole nitrogens is 1. The summed E-state index contributed by atoms with van der Waals surface area (Å²) in [4.78, 5) is 18.5. The molecule has 1 aliphatic heterocycles. The SMILES string of the molecule is O=C(c1n[nH]c2ccccc12)N1CC[C@@H](c2ncon2)C1. The fraction of sp³-hybridized carbons (Fsp3) is 0.286. The number of benzene rings is 1. The van der Waals surface area contributed by atoms with Crippen LogP contribution >= 0.6 is 0 Å². The summed E-state index contributed by atoms with van der Waals surface area (Å²) in [5, 5.41) is 11.8. The van der Waals surface area contributed by atoms with E-state index in [4.69, 9.17) is 4.52 Å². The van der Waals surface area contributed by atoms with E-state index in [0.29, 0.717) is 24.6 Å². The molecule has 7 nitrogen and oxygen atoms in total. The maximum absolute atomic E-state index is 12.6. The minimum absolute atomic E-state index is 0.0570. The minimum atomic E-state index is -0.0570. The maximum atomic E-state index is 12.6. The number of carbonyl (C=O) groups excluding carboxylic acids is 1. The lowest BCUT2D eigenvalue weighted by molar-refractivity contribution is 0.0786. The van der Waals surface area contributed by atoms with Gasteiger partial charge >= 0.3 is 0 Å². The fourth-order valence-electron chi connectivity index (χ4n) is 2.79. The molecule has 0 aliphatic carbocycles. The van der Waals surface area contributed by atoms with Gasteiger partial charge in [-0.05, 0) is 12.5 Å².